The summed E-state index contributed by atoms with van der Waals surface area (Å²) in [4.78, 5) is 12.3. The third-order valence-corrected chi connectivity index (χ3v) is 3.32. The fourth-order valence-corrected chi connectivity index (χ4v) is 1.91. The lowest BCUT2D eigenvalue weighted by molar-refractivity contribution is 0.0937. The molecule has 1 aromatic carbocycles. The highest BCUT2D eigenvalue weighted by atomic mass is 79.9. The van der Waals surface area contributed by atoms with E-state index in [-0.39, 0.29) is 17.7 Å². The number of phenols is 1. The van der Waals surface area contributed by atoms with E-state index >= 15 is 0 Å². The Morgan fingerprint density at radius 1 is 1.61 bits per heavy atom. The van der Waals surface area contributed by atoms with E-state index in [9.17, 15) is 9.90 Å². The number of benzene rings is 1. The number of thiocarbonyl (C=S) groups is 1. The zero-order valence-corrected chi connectivity index (χ0v) is 12.3. The average Bonchev–Trinajstić information content (AvgIpc) is 2.31. The molecule has 0 fully saturated rings. The Balaban J connectivity index is 2.74. The van der Waals surface area contributed by atoms with Crippen molar-refractivity contribution < 1.29 is 9.90 Å². The van der Waals surface area contributed by atoms with Crippen molar-refractivity contribution in [1.82, 2.24) is 5.32 Å². The van der Waals surface area contributed by atoms with Gasteiger partial charge in [0.25, 0.3) is 5.91 Å². The van der Waals surface area contributed by atoms with Gasteiger partial charge in [-0.1, -0.05) is 19.1 Å². The van der Waals surface area contributed by atoms with Crippen molar-refractivity contribution in [2.75, 3.05) is 0 Å². The van der Waals surface area contributed by atoms with Gasteiger partial charge in [0.1, 0.15) is 5.75 Å². The number of nitrogens with two attached hydrogens (primary N) is 1. The smallest absolute Gasteiger partial charge is 0.251 e. The van der Waals surface area contributed by atoms with Crippen LogP contribution in [0.2, 0.25) is 0 Å². The van der Waals surface area contributed by atoms with Crippen LogP contribution in [0.4, 0.5) is 0 Å². The van der Waals surface area contributed by atoms with E-state index in [0.29, 0.717) is 21.4 Å². The molecule has 98 valence electrons. The molecule has 1 aromatic rings. The Labute approximate surface area is 120 Å². The van der Waals surface area contributed by atoms with Crippen LogP contribution in [0.5, 0.6) is 5.75 Å². The van der Waals surface area contributed by atoms with Gasteiger partial charge in [-0.05, 0) is 40.5 Å². The van der Waals surface area contributed by atoms with Gasteiger partial charge < -0.3 is 16.2 Å². The van der Waals surface area contributed by atoms with Gasteiger partial charge in [0.05, 0.1) is 9.46 Å². The summed E-state index contributed by atoms with van der Waals surface area (Å²) in [7, 11) is 0. The van der Waals surface area contributed by atoms with Crippen LogP contribution in [0.3, 0.4) is 0 Å². The third-order valence-electron chi connectivity index (χ3n) is 2.48. The molecule has 1 rings (SSSR count). The number of rotatable bonds is 5. The molecule has 1 atom stereocenters. The van der Waals surface area contributed by atoms with E-state index < -0.39 is 0 Å². The SMILES string of the molecule is CCC(CC(N)=S)NC(=O)c1ccc(Br)c(O)c1. The lowest BCUT2D eigenvalue weighted by Crippen LogP contribution is -2.37. The molecule has 6 heteroatoms. The maximum Gasteiger partial charge on any atom is 0.251 e. The zero-order chi connectivity index (χ0) is 13.7. The van der Waals surface area contributed by atoms with E-state index in [0.717, 1.165) is 6.42 Å². The fourth-order valence-electron chi connectivity index (χ4n) is 1.46. The van der Waals surface area contributed by atoms with Crippen LogP contribution in [-0.4, -0.2) is 22.0 Å². The van der Waals surface area contributed by atoms with Crippen LogP contribution >= 0.6 is 28.1 Å². The van der Waals surface area contributed by atoms with E-state index in [4.69, 9.17) is 18.0 Å². The molecule has 0 aliphatic heterocycles. The van der Waals surface area contributed by atoms with E-state index in [1.165, 1.54) is 6.07 Å². The molecule has 0 saturated carbocycles. The van der Waals surface area contributed by atoms with Crippen LogP contribution in [0.15, 0.2) is 22.7 Å². The summed E-state index contributed by atoms with van der Waals surface area (Å²) in [5, 5.41) is 12.3. The molecule has 1 amide bonds. The Hall–Kier alpha value is -1.14. The molecule has 0 aliphatic rings. The first kappa shape index (κ1) is 14.9. The van der Waals surface area contributed by atoms with Crippen molar-refractivity contribution in [3.8, 4) is 5.75 Å². The highest BCUT2D eigenvalue weighted by Crippen LogP contribution is 2.24. The minimum Gasteiger partial charge on any atom is -0.507 e. The van der Waals surface area contributed by atoms with Crippen molar-refractivity contribution >= 4 is 39.0 Å². The quantitative estimate of drug-likeness (QED) is 0.724. The Morgan fingerprint density at radius 2 is 2.28 bits per heavy atom. The highest BCUT2D eigenvalue weighted by Gasteiger charge is 2.14. The van der Waals surface area contributed by atoms with Gasteiger partial charge in [-0.15, -0.1) is 0 Å². The number of hydrogen-bond donors (Lipinski definition) is 3. The number of hydrogen-bond acceptors (Lipinski definition) is 3. The van der Waals surface area contributed by atoms with Gasteiger partial charge in [0.2, 0.25) is 0 Å². The first-order chi connectivity index (χ1) is 8.43. The maximum absolute atomic E-state index is 11.9. The Kier molecular flexibility index (Phi) is 5.55. The minimum atomic E-state index is -0.249. The topological polar surface area (TPSA) is 75.3 Å². The van der Waals surface area contributed by atoms with Gasteiger partial charge in [-0.2, -0.15) is 0 Å². The highest BCUT2D eigenvalue weighted by molar-refractivity contribution is 9.10. The number of amides is 1. The van der Waals surface area contributed by atoms with Gasteiger partial charge in [0.15, 0.2) is 0 Å². The van der Waals surface area contributed by atoms with Crippen LogP contribution < -0.4 is 11.1 Å². The van der Waals surface area contributed by atoms with E-state index in [2.05, 4.69) is 21.2 Å². The number of phenolic OH excluding ortho intramolecular Hbond substituents is 1. The van der Waals surface area contributed by atoms with Crippen molar-refractivity contribution in [2.45, 2.75) is 25.8 Å². The monoisotopic (exact) mass is 330 g/mol. The van der Waals surface area contributed by atoms with Crippen LogP contribution in [-0.2, 0) is 0 Å². The molecule has 0 bridgehead atoms. The first-order valence-corrected chi connectivity index (χ1v) is 6.71. The van der Waals surface area contributed by atoms with E-state index in [1.807, 2.05) is 6.92 Å². The molecule has 0 aromatic heterocycles. The molecule has 4 N–H and O–H groups in total. The van der Waals surface area contributed by atoms with Gasteiger partial charge in [0, 0.05) is 18.0 Å². The fraction of sp³-hybridized carbons (Fsp3) is 0.333. The Bertz CT molecular complexity index is 465. The van der Waals surface area contributed by atoms with Crippen molar-refractivity contribution in [3.63, 3.8) is 0 Å². The largest absolute Gasteiger partial charge is 0.507 e. The average molecular weight is 331 g/mol. The second-order valence-corrected chi connectivity index (χ2v) is 5.29. The summed E-state index contributed by atoms with van der Waals surface area (Å²) in [6, 6.07) is 4.58. The predicted octanol–water partition coefficient (Wildman–Crippen LogP) is 2.34. The summed E-state index contributed by atoms with van der Waals surface area (Å²) in [6.45, 7) is 1.95. The summed E-state index contributed by atoms with van der Waals surface area (Å²) >= 11 is 7.99. The summed E-state index contributed by atoms with van der Waals surface area (Å²) < 4.78 is 0.550. The number of carbonyl (C=O) groups is 1. The van der Waals surface area contributed by atoms with Crippen LogP contribution in [0, 0.1) is 0 Å². The standard InChI is InChI=1S/C12H15BrN2O2S/c1-2-8(6-11(14)18)15-12(17)7-3-4-9(13)10(16)5-7/h3-5,8,16H,2,6H2,1H3,(H2,14,18)(H,15,17). The lowest BCUT2D eigenvalue weighted by atomic mass is 10.1. The molecule has 0 heterocycles. The molecule has 1 unspecified atom stereocenters. The summed E-state index contributed by atoms with van der Waals surface area (Å²) in [5.74, 6) is -0.217. The second kappa shape index (κ2) is 6.70. The molecule has 4 nitrogen and oxygen atoms in total. The van der Waals surface area contributed by atoms with Crippen LogP contribution in [0.1, 0.15) is 30.1 Å². The molecule has 0 aliphatic carbocycles. The van der Waals surface area contributed by atoms with Gasteiger partial charge in [-0.25, -0.2) is 0 Å². The summed E-state index contributed by atoms with van der Waals surface area (Å²) in [6.07, 6.45) is 1.21. The van der Waals surface area contributed by atoms with Gasteiger partial charge in [-0.3, -0.25) is 4.79 Å². The number of carbonyl (C=O) groups excluding carboxylic acids is 1. The lowest BCUT2D eigenvalue weighted by Gasteiger charge is -2.16. The zero-order valence-electron chi connectivity index (χ0n) is 9.94. The maximum atomic E-state index is 11.9. The van der Waals surface area contributed by atoms with E-state index in [1.54, 1.807) is 12.1 Å². The second-order valence-electron chi connectivity index (χ2n) is 3.92. The molecular formula is C12H15BrN2O2S. The molecular weight excluding hydrogens is 316 g/mol. The Morgan fingerprint density at radius 3 is 2.78 bits per heavy atom. The van der Waals surface area contributed by atoms with Gasteiger partial charge >= 0.3 is 0 Å². The molecule has 0 saturated heterocycles. The van der Waals surface area contributed by atoms with Crippen molar-refractivity contribution in [2.24, 2.45) is 5.73 Å². The normalized spacial score (nSPS) is 11.9. The van der Waals surface area contributed by atoms with Crippen molar-refractivity contribution in [3.05, 3.63) is 28.2 Å². The molecule has 0 spiro atoms. The predicted molar refractivity (Wildman–Crippen MR) is 78.8 cm³/mol. The molecule has 0 radical (unpaired) electrons. The third kappa shape index (κ3) is 4.27. The number of halogens is 1. The molecule has 18 heavy (non-hydrogen) atoms. The van der Waals surface area contributed by atoms with Crippen LogP contribution in [0.25, 0.3) is 0 Å². The number of aromatic hydroxyl groups is 1. The number of nitrogens with one attached hydrogen (secondary N) is 1. The first-order valence-electron chi connectivity index (χ1n) is 5.51. The van der Waals surface area contributed by atoms with Crippen molar-refractivity contribution in [1.29, 1.82) is 0 Å². The minimum absolute atomic E-state index is 0.0324. The summed E-state index contributed by atoms with van der Waals surface area (Å²) in [5.41, 5.74) is 5.86.